The molecule has 132 valence electrons. The molecule has 3 rings (SSSR count). The van der Waals surface area contributed by atoms with E-state index >= 15 is 0 Å². The zero-order valence-electron chi connectivity index (χ0n) is 13.7. The first kappa shape index (κ1) is 18.1. The summed E-state index contributed by atoms with van der Waals surface area (Å²) in [6, 6.07) is 11.7. The third kappa shape index (κ3) is 5.13. The molecule has 1 N–H and O–H groups in total. The number of hydrogen-bond donors (Lipinski definition) is 1. The lowest BCUT2D eigenvalue weighted by Crippen LogP contribution is -2.23. The number of nitrogens with one attached hydrogen (secondary N) is 1. The normalized spacial score (nSPS) is 13.2. The van der Waals surface area contributed by atoms with Crippen LogP contribution in [0.1, 0.15) is 24.0 Å². The Hall–Kier alpha value is -1.72. The number of halogens is 2. The number of amides is 1. The van der Waals surface area contributed by atoms with E-state index in [1.54, 1.807) is 0 Å². The highest BCUT2D eigenvalue weighted by molar-refractivity contribution is 9.10. The molecule has 1 amide bonds. The third-order valence-electron chi connectivity index (χ3n) is 3.88. The molecule has 25 heavy (non-hydrogen) atoms. The summed E-state index contributed by atoms with van der Waals surface area (Å²) in [7, 11) is 0. The Labute approximate surface area is 160 Å². The van der Waals surface area contributed by atoms with Crippen LogP contribution in [-0.4, -0.2) is 19.1 Å². The Morgan fingerprint density at radius 2 is 2.00 bits per heavy atom. The Balaban J connectivity index is 1.55. The van der Waals surface area contributed by atoms with E-state index in [1.807, 2.05) is 36.4 Å². The monoisotopic (exact) mass is 423 g/mol. The van der Waals surface area contributed by atoms with Crippen molar-refractivity contribution in [3.05, 3.63) is 57.0 Å². The minimum atomic E-state index is 0.00297. The van der Waals surface area contributed by atoms with Crippen molar-refractivity contribution in [3.63, 3.8) is 0 Å². The minimum Gasteiger partial charge on any atom is -0.489 e. The molecule has 0 fully saturated rings. The molecule has 0 aromatic heterocycles. The molecule has 1 aliphatic heterocycles. The number of ether oxygens (including phenoxy) is 2. The second kappa shape index (κ2) is 8.59. The fourth-order valence-corrected chi connectivity index (χ4v) is 3.36. The molecule has 0 saturated carbocycles. The summed E-state index contributed by atoms with van der Waals surface area (Å²) in [5.74, 6) is 1.23. The predicted octanol–water partition coefficient (Wildman–Crippen LogP) is 4.51. The fraction of sp³-hybridized carbons (Fsp3) is 0.316. The van der Waals surface area contributed by atoms with Gasteiger partial charge < -0.3 is 14.8 Å². The van der Waals surface area contributed by atoms with Crippen LogP contribution in [0.15, 0.2) is 40.9 Å². The van der Waals surface area contributed by atoms with E-state index in [0.29, 0.717) is 49.1 Å². The van der Waals surface area contributed by atoms with Gasteiger partial charge in [0.1, 0.15) is 0 Å². The average Bonchev–Trinajstić information content (AvgIpc) is 2.84. The Morgan fingerprint density at radius 3 is 2.84 bits per heavy atom. The van der Waals surface area contributed by atoms with Gasteiger partial charge in [0.05, 0.1) is 18.2 Å². The predicted molar refractivity (Wildman–Crippen MR) is 101 cm³/mol. The molecule has 2 aromatic carbocycles. The molecule has 2 aromatic rings. The summed E-state index contributed by atoms with van der Waals surface area (Å²) in [5, 5.41) is 3.44. The first-order valence-electron chi connectivity index (χ1n) is 8.21. The fourth-order valence-electron chi connectivity index (χ4n) is 2.63. The smallest absolute Gasteiger partial charge is 0.220 e. The van der Waals surface area contributed by atoms with Gasteiger partial charge in [-0.1, -0.05) is 39.7 Å². The maximum atomic E-state index is 12.1. The summed E-state index contributed by atoms with van der Waals surface area (Å²) >= 11 is 9.71. The molecule has 0 saturated heterocycles. The Morgan fingerprint density at radius 1 is 1.16 bits per heavy atom. The first-order valence-corrected chi connectivity index (χ1v) is 9.38. The highest BCUT2D eigenvalue weighted by Gasteiger charge is 2.15. The molecule has 0 atom stereocenters. The molecule has 0 unspecified atom stereocenters. The van der Waals surface area contributed by atoms with Crippen molar-refractivity contribution in [1.29, 1.82) is 0 Å². The standard InChI is InChI=1S/C19H19BrClNO3/c20-15-4-1-3-13(9-15)5-6-18(23)22-12-14-10-16(21)19-17(11-14)24-7-2-8-25-19/h1,3-4,9-11H,2,5-8,12H2,(H,22,23). The van der Waals surface area contributed by atoms with Gasteiger partial charge >= 0.3 is 0 Å². The lowest BCUT2D eigenvalue weighted by molar-refractivity contribution is -0.121. The molecule has 0 aliphatic carbocycles. The SMILES string of the molecule is O=C(CCc1cccc(Br)c1)NCc1cc(Cl)c2c(c1)OCCCO2. The van der Waals surface area contributed by atoms with Gasteiger partial charge in [-0.15, -0.1) is 0 Å². The molecule has 4 nitrogen and oxygen atoms in total. The minimum absolute atomic E-state index is 0.00297. The van der Waals surface area contributed by atoms with Gasteiger partial charge in [0.15, 0.2) is 11.5 Å². The number of carbonyl (C=O) groups is 1. The van der Waals surface area contributed by atoms with Gasteiger partial charge in [0.25, 0.3) is 0 Å². The summed E-state index contributed by atoms with van der Waals surface area (Å²) in [4.78, 5) is 12.1. The van der Waals surface area contributed by atoms with Crippen LogP contribution in [0, 0.1) is 0 Å². The highest BCUT2D eigenvalue weighted by Crippen LogP contribution is 2.37. The number of fused-ring (bicyclic) bond motifs is 1. The van der Waals surface area contributed by atoms with E-state index in [2.05, 4.69) is 21.2 Å². The summed E-state index contributed by atoms with van der Waals surface area (Å²) in [6.45, 7) is 1.61. The zero-order valence-corrected chi connectivity index (χ0v) is 16.0. The van der Waals surface area contributed by atoms with Gasteiger partial charge in [-0.2, -0.15) is 0 Å². The molecule has 0 spiro atoms. The summed E-state index contributed by atoms with van der Waals surface area (Å²) in [6.07, 6.45) is 1.97. The number of rotatable bonds is 5. The van der Waals surface area contributed by atoms with Crippen molar-refractivity contribution in [3.8, 4) is 11.5 Å². The third-order valence-corrected chi connectivity index (χ3v) is 4.66. The van der Waals surface area contributed by atoms with Crippen LogP contribution in [0.2, 0.25) is 5.02 Å². The highest BCUT2D eigenvalue weighted by atomic mass is 79.9. The lowest BCUT2D eigenvalue weighted by Gasteiger charge is -2.12. The average molecular weight is 425 g/mol. The second-order valence-corrected chi connectivity index (χ2v) is 7.18. The molecule has 6 heteroatoms. The summed E-state index contributed by atoms with van der Waals surface area (Å²) in [5.41, 5.74) is 2.02. The van der Waals surface area contributed by atoms with Gasteiger partial charge in [0.2, 0.25) is 5.91 Å². The van der Waals surface area contributed by atoms with Crippen molar-refractivity contribution in [1.82, 2.24) is 5.32 Å². The lowest BCUT2D eigenvalue weighted by atomic mass is 10.1. The van der Waals surface area contributed by atoms with Crippen molar-refractivity contribution < 1.29 is 14.3 Å². The Kier molecular flexibility index (Phi) is 6.21. The molecular weight excluding hydrogens is 406 g/mol. The van der Waals surface area contributed by atoms with Crippen molar-refractivity contribution >= 4 is 33.4 Å². The van der Waals surface area contributed by atoms with Gasteiger partial charge in [-0.05, 0) is 41.8 Å². The quantitative estimate of drug-likeness (QED) is 0.768. The van der Waals surface area contributed by atoms with Crippen LogP contribution in [-0.2, 0) is 17.8 Å². The number of aryl methyl sites for hydroxylation is 1. The number of carbonyl (C=O) groups excluding carboxylic acids is 1. The van der Waals surface area contributed by atoms with E-state index in [9.17, 15) is 4.79 Å². The van der Waals surface area contributed by atoms with E-state index in [1.165, 1.54) is 0 Å². The van der Waals surface area contributed by atoms with Crippen LogP contribution in [0.25, 0.3) is 0 Å². The van der Waals surface area contributed by atoms with Gasteiger partial charge in [-0.25, -0.2) is 0 Å². The van der Waals surface area contributed by atoms with Crippen LogP contribution >= 0.6 is 27.5 Å². The summed E-state index contributed by atoms with van der Waals surface area (Å²) < 4.78 is 12.3. The van der Waals surface area contributed by atoms with Crippen LogP contribution < -0.4 is 14.8 Å². The first-order chi connectivity index (χ1) is 12.1. The number of hydrogen-bond acceptors (Lipinski definition) is 3. The second-order valence-electron chi connectivity index (χ2n) is 5.86. The van der Waals surface area contributed by atoms with E-state index in [4.69, 9.17) is 21.1 Å². The van der Waals surface area contributed by atoms with Crippen molar-refractivity contribution in [2.24, 2.45) is 0 Å². The molecule has 0 radical (unpaired) electrons. The van der Waals surface area contributed by atoms with Crippen LogP contribution in [0.5, 0.6) is 11.5 Å². The van der Waals surface area contributed by atoms with Gasteiger partial charge in [-0.3, -0.25) is 4.79 Å². The molecule has 1 heterocycles. The van der Waals surface area contributed by atoms with Gasteiger partial charge in [0, 0.05) is 23.9 Å². The van der Waals surface area contributed by atoms with E-state index < -0.39 is 0 Å². The number of benzene rings is 2. The van der Waals surface area contributed by atoms with Crippen LogP contribution in [0.3, 0.4) is 0 Å². The topological polar surface area (TPSA) is 47.6 Å². The largest absolute Gasteiger partial charge is 0.489 e. The zero-order chi connectivity index (χ0) is 17.6. The molecular formula is C19H19BrClNO3. The van der Waals surface area contributed by atoms with Crippen LogP contribution in [0.4, 0.5) is 0 Å². The van der Waals surface area contributed by atoms with Crippen molar-refractivity contribution in [2.45, 2.75) is 25.8 Å². The Bertz CT molecular complexity index is 766. The maximum Gasteiger partial charge on any atom is 0.220 e. The molecule has 1 aliphatic rings. The maximum absolute atomic E-state index is 12.1. The van der Waals surface area contributed by atoms with E-state index in [-0.39, 0.29) is 5.91 Å². The van der Waals surface area contributed by atoms with E-state index in [0.717, 1.165) is 22.0 Å². The van der Waals surface area contributed by atoms with Crippen molar-refractivity contribution in [2.75, 3.05) is 13.2 Å². The molecule has 0 bridgehead atoms.